The molecular weight excluding hydrogens is 1090 g/mol. The van der Waals surface area contributed by atoms with Gasteiger partial charge in [0, 0.05) is 51.4 Å². The molecule has 4 aliphatic rings. The van der Waals surface area contributed by atoms with Crippen LogP contribution in [0.25, 0.3) is 86.2 Å². The third kappa shape index (κ3) is 11.8. The van der Waals surface area contributed by atoms with Crippen LogP contribution in [0.5, 0.6) is 46.0 Å². The van der Waals surface area contributed by atoms with E-state index in [1.165, 1.54) is 86.2 Å². The van der Waals surface area contributed by atoms with Gasteiger partial charge in [0.25, 0.3) is 23.1 Å². The topological polar surface area (TPSA) is 73.8 Å². The minimum Gasteiger partial charge on any atom is -0.448 e. The van der Waals surface area contributed by atoms with Crippen LogP contribution < -0.4 is 37.9 Å². The van der Waals surface area contributed by atoms with Crippen molar-refractivity contribution in [1.29, 1.82) is 0 Å². The SMILES string of the molecule is CCCCC1(CCCC)Oc2cc3cc4cc5cc6cc7c(cc6cc5cc4cc3cc2O1)OC(CCCC)(CCCC)O7.CCCCC1(CCCC)Oc2cc3cc4cc5cc6cc7c(cc6cc5cc4cc3cc2O1)OC(CCCC)(CCCC)O7. The zero-order valence-electron chi connectivity index (χ0n) is 53.8. The molecule has 0 fully saturated rings. The lowest BCUT2D eigenvalue weighted by Crippen LogP contribution is -2.38. The summed E-state index contributed by atoms with van der Waals surface area (Å²) in [5, 5.41) is 19.3. The Morgan fingerprint density at radius 2 is 0.273 bits per heavy atom. The summed E-state index contributed by atoms with van der Waals surface area (Å²) in [6, 6.07) is 45.1. The fraction of sp³-hybridized carbons (Fsp3) is 0.450. The highest BCUT2D eigenvalue weighted by Crippen LogP contribution is 2.51. The highest BCUT2D eigenvalue weighted by molar-refractivity contribution is 6.10. The Morgan fingerprint density at radius 1 is 0.170 bits per heavy atom. The molecular formula is C80H92O8. The van der Waals surface area contributed by atoms with Gasteiger partial charge in [0.2, 0.25) is 0 Å². The summed E-state index contributed by atoms with van der Waals surface area (Å²) < 4.78 is 52.7. The van der Waals surface area contributed by atoms with E-state index in [9.17, 15) is 0 Å². The minimum absolute atomic E-state index is 0.528. The average molecular weight is 1180 g/mol. The van der Waals surface area contributed by atoms with Crippen molar-refractivity contribution in [2.24, 2.45) is 0 Å². The van der Waals surface area contributed by atoms with E-state index in [0.717, 1.165) is 200 Å². The fourth-order valence-corrected chi connectivity index (χ4v) is 14.3. The van der Waals surface area contributed by atoms with Gasteiger partial charge in [-0.1, -0.05) is 107 Å². The molecule has 0 N–H and O–H groups in total. The first-order valence-electron chi connectivity index (χ1n) is 34.3. The summed E-state index contributed by atoms with van der Waals surface area (Å²) in [6.07, 6.45) is 25.3. The number of hydrogen-bond donors (Lipinski definition) is 0. The zero-order valence-corrected chi connectivity index (χ0v) is 53.8. The minimum atomic E-state index is -0.528. The maximum Gasteiger partial charge on any atom is 0.251 e. The van der Waals surface area contributed by atoms with E-state index in [1.54, 1.807) is 0 Å². The first-order valence-corrected chi connectivity index (χ1v) is 34.3. The smallest absolute Gasteiger partial charge is 0.251 e. The second kappa shape index (κ2) is 24.9. The summed E-state index contributed by atoms with van der Waals surface area (Å²) in [5.41, 5.74) is 0. The molecule has 4 heterocycles. The van der Waals surface area contributed by atoms with Crippen LogP contribution in [0.4, 0.5) is 0 Å². The second-order valence-electron chi connectivity index (χ2n) is 26.4. The predicted molar refractivity (Wildman–Crippen MR) is 365 cm³/mol. The number of benzene rings is 10. The number of ether oxygens (including phenoxy) is 8. The molecule has 88 heavy (non-hydrogen) atoms. The van der Waals surface area contributed by atoms with Gasteiger partial charge in [0.1, 0.15) is 0 Å². The molecule has 0 atom stereocenters. The van der Waals surface area contributed by atoms with E-state index >= 15 is 0 Å². The van der Waals surface area contributed by atoms with Gasteiger partial charge in [-0.05, 0) is 259 Å². The van der Waals surface area contributed by atoms with E-state index in [0.29, 0.717) is 0 Å². The Kier molecular flexibility index (Phi) is 16.9. The van der Waals surface area contributed by atoms with Crippen LogP contribution in [0.1, 0.15) is 209 Å². The van der Waals surface area contributed by atoms with Gasteiger partial charge >= 0.3 is 0 Å². The maximum absolute atomic E-state index is 6.59. The van der Waals surface area contributed by atoms with Crippen molar-refractivity contribution in [1.82, 2.24) is 0 Å². The average Bonchev–Trinajstić information content (AvgIpc) is 1.46. The van der Waals surface area contributed by atoms with Crippen LogP contribution in [0, 0.1) is 0 Å². The van der Waals surface area contributed by atoms with Gasteiger partial charge < -0.3 is 37.9 Å². The number of rotatable bonds is 24. The Hall–Kier alpha value is -7.32. The van der Waals surface area contributed by atoms with Crippen molar-refractivity contribution in [3.05, 3.63) is 121 Å². The highest BCUT2D eigenvalue weighted by atomic mass is 16.7. The van der Waals surface area contributed by atoms with Gasteiger partial charge in [-0.3, -0.25) is 0 Å². The Balaban J connectivity index is 0.000000162. The molecule has 0 amide bonds. The number of unbranched alkanes of at least 4 members (excludes halogenated alkanes) is 8. The highest BCUT2D eigenvalue weighted by Gasteiger charge is 2.44. The van der Waals surface area contributed by atoms with Crippen molar-refractivity contribution in [2.45, 2.75) is 233 Å². The van der Waals surface area contributed by atoms with E-state index in [1.807, 2.05) is 0 Å². The zero-order chi connectivity index (χ0) is 60.6. The summed E-state index contributed by atoms with van der Waals surface area (Å²) in [4.78, 5) is 0. The van der Waals surface area contributed by atoms with Crippen LogP contribution in [-0.4, -0.2) is 23.1 Å². The molecule has 10 aromatic carbocycles. The molecule has 10 aromatic rings. The molecule has 8 nitrogen and oxygen atoms in total. The largest absolute Gasteiger partial charge is 0.448 e. The Morgan fingerprint density at radius 3 is 0.375 bits per heavy atom. The summed E-state index contributed by atoms with van der Waals surface area (Å²) in [7, 11) is 0. The Bertz CT molecular complexity index is 3420. The van der Waals surface area contributed by atoms with Crippen LogP contribution in [0.2, 0.25) is 0 Å². The first kappa shape index (κ1) is 59.6. The molecule has 8 heteroatoms. The first-order chi connectivity index (χ1) is 42.9. The summed E-state index contributed by atoms with van der Waals surface area (Å²) in [6.45, 7) is 17.8. The molecule has 0 aromatic heterocycles. The van der Waals surface area contributed by atoms with Crippen molar-refractivity contribution < 1.29 is 37.9 Å². The van der Waals surface area contributed by atoms with E-state index in [-0.39, 0.29) is 0 Å². The van der Waals surface area contributed by atoms with Crippen LogP contribution >= 0.6 is 0 Å². The Labute approximate surface area is 521 Å². The van der Waals surface area contributed by atoms with Gasteiger partial charge in [-0.2, -0.15) is 0 Å². The lowest BCUT2D eigenvalue weighted by atomic mass is 9.97. The third-order valence-electron chi connectivity index (χ3n) is 19.3. The van der Waals surface area contributed by atoms with Crippen LogP contribution in [0.15, 0.2) is 121 Å². The number of hydrogen-bond acceptors (Lipinski definition) is 8. The summed E-state index contributed by atoms with van der Waals surface area (Å²) >= 11 is 0. The summed E-state index contributed by atoms with van der Waals surface area (Å²) in [5.74, 6) is 4.89. The van der Waals surface area contributed by atoms with Gasteiger partial charge in [-0.15, -0.1) is 0 Å². The van der Waals surface area contributed by atoms with Gasteiger partial charge in [0.15, 0.2) is 46.0 Å². The molecule has 0 saturated carbocycles. The van der Waals surface area contributed by atoms with Crippen molar-refractivity contribution in [3.8, 4) is 46.0 Å². The number of fused-ring (bicyclic) bond motifs is 12. The lowest BCUT2D eigenvalue weighted by Gasteiger charge is -2.27. The molecule has 460 valence electrons. The van der Waals surface area contributed by atoms with Gasteiger partial charge in [0.05, 0.1) is 0 Å². The van der Waals surface area contributed by atoms with Crippen molar-refractivity contribution >= 4 is 86.2 Å². The predicted octanol–water partition coefficient (Wildman–Crippen LogP) is 24.0. The lowest BCUT2D eigenvalue weighted by molar-refractivity contribution is -0.0948. The fourth-order valence-electron chi connectivity index (χ4n) is 14.3. The van der Waals surface area contributed by atoms with Crippen LogP contribution in [-0.2, 0) is 0 Å². The molecule has 4 aliphatic heterocycles. The second-order valence-corrected chi connectivity index (χ2v) is 26.4. The normalized spacial score (nSPS) is 16.1. The maximum atomic E-state index is 6.59. The molecule has 14 rings (SSSR count). The molecule has 0 unspecified atom stereocenters. The van der Waals surface area contributed by atoms with Crippen LogP contribution in [0.3, 0.4) is 0 Å². The van der Waals surface area contributed by atoms with E-state index < -0.39 is 23.1 Å². The quantitative estimate of drug-likeness (QED) is 0.0554. The van der Waals surface area contributed by atoms with E-state index in [4.69, 9.17) is 37.9 Å². The van der Waals surface area contributed by atoms with Crippen molar-refractivity contribution in [3.63, 3.8) is 0 Å². The van der Waals surface area contributed by atoms with E-state index in [2.05, 4.69) is 177 Å². The third-order valence-corrected chi connectivity index (χ3v) is 19.3. The molecule has 0 radical (unpaired) electrons. The van der Waals surface area contributed by atoms with Gasteiger partial charge in [-0.25, -0.2) is 0 Å². The molecule has 0 aliphatic carbocycles. The molecule has 0 saturated heterocycles. The molecule has 0 bridgehead atoms. The van der Waals surface area contributed by atoms with Crippen molar-refractivity contribution in [2.75, 3.05) is 0 Å². The standard InChI is InChI=1S/2C40H46O4/c2*1-5-9-13-39(14-10-6-2)41-35-23-31-19-27-17-29-21-33-25-37-38(44-40(43-37,15-11-7-3)16-12-8-4)26-34(33)22-30(29)18-28(27)20-32(31)24-36(35)42-39/h2*17-26H,5-16H2,1-4H3. The molecule has 0 spiro atoms. The monoisotopic (exact) mass is 1180 g/mol.